The molecular formula is C11H14FN3O2. The summed E-state index contributed by atoms with van der Waals surface area (Å²) in [6.45, 7) is 1.70. The number of carbonyl (C=O) groups excluding carboxylic acids is 1. The van der Waals surface area contributed by atoms with Gasteiger partial charge in [0.2, 0.25) is 5.91 Å². The van der Waals surface area contributed by atoms with Crippen LogP contribution in [0.5, 0.6) is 0 Å². The summed E-state index contributed by atoms with van der Waals surface area (Å²) in [5.41, 5.74) is 5.93. The molecule has 0 fully saturated rings. The molecule has 0 spiro atoms. The highest BCUT2D eigenvalue weighted by molar-refractivity contribution is 6.01. The largest absolute Gasteiger partial charge is 0.409 e. The van der Waals surface area contributed by atoms with Gasteiger partial charge in [-0.25, -0.2) is 4.39 Å². The summed E-state index contributed by atoms with van der Waals surface area (Å²) in [5, 5.41) is 13.7. The Morgan fingerprint density at radius 3 is 2.94 bits per heavy atom. The number of nitrogens with zero attached hydrogens (tertiary/aromatic N) is 1. The molecule has 0 saturated carbocycles. The third-order valence-corrected chi connectivity index (χ3v) is 2.31. The molecule has 0 radical (unpaired) electrons. The van der Waals surface area contributed by atoms with Crippen LogP contribution in [0.15, 0.2) is 29.4 Å². The van der Waals surface area contributed by atoms with Crippen molar-refractivity contribution in [1.29, 1.82) is 0 Å². The molecule has 1 aromatic carbocycles. The van der Waals surface area contributed by atoms with Crippen molar-refractivity contribution in [2.75, 3.05) is 0 Å². The van der Waals surface area contributed by atoms with Gasteiger partial charge in [0.25, 0.3) is 0 Å². The second kappa shape index (κ2) is 5.83. The zero-order valence-electron chi connectivity index (χ0n) is 9.35. The molecule has 1 amide bonds. The molecule has 0 heterocycles. The van der Waals surface area contributed by atoms with Crippen LogP contribution in [0.4, 0.5) is 4.39 Å². The predicted octanol–water partition coefficient (Wildman–Crippen LogP) is 0.824. The van der Waals surface area contributed by atoms with Crippen molar-refractivity contribution in [3.8, 4) is 0 Å². The minimum atomic E-state index is -0.728. The maximum absolute atomic E-state index is 12.8. The molecule has 17 heavy (non-hydrogen) atoms. The first-order valence-corrected chi connectivity index (χ1v) is 5.04. The predicted molar refractivity (Wildman–Crippen MR) is 60.8 cm³/mol. The van der Waals surface area contributed by atoms with Crippen molar-refractivity contribution in [2.24, 2.45) is 16.8 Å². The van der Waals surface area contributed by atoms with Gasteiger partial charge >= 0.3 is 0 Å². The lowest BCUT2D eigenvalue weighted by Gasteiger charge is -2.10. The first-order valence-electron chi connectivity index (χ1n) is 5.04. The summed E-state index contributed by atoms with van der Waals surface area (Å²) in [5.74, 6) is -1.64. The Morgan fingerprint density at radius 1 is 1.65 bits per heavy atom. The lowest BCUT2D eigenvalue weighted by atomic mass is 10.1. The van der Waals surface area contributed by atoms with E-state index in [4.69, 9.17) is 10.9 Å². The molecule has 92 valence electrons. The van der Waals surface area contributed by atoms with Crippen LogP contribution in [0.2, 0.25) is 0 Å². The molecule has 5 nitrogen and oxygen atoms in total. The van der Waals surface area contributed by atoms with Crippen LogP contribution in [-0.4, -0.2) is 17.0 Å². The molecule has 1 rings (SSSR count). The molecule has 6 heteroatoms. The van der Waals surface area contributed by atoms with Gasteiger partial charge in [-0.3, -0.25) is 4.79 Å². The molecule has 1 unspecified atom stereocenters. The summed E-state index contributed by atoms with van der Waals surface area (Å²) in [4.78, 5) is 11.5. The molecule has 0 bridgehead atoms. The lowest BCUT2D eigenvalue weighted by Crippen LogP contribution is -2.36. The average Bonchev–Trinajstić information content (AvgIpc) is 2.34. The molecular weight excluding hydrogens is 225 g/mol. The maximum Gasteiger partial charge on any atom is 0.230 e. The van der Waals surface area contributed by atoms with E-state index in [1.807, 2.05) is 0 Å². The van der Waals surface area contributed by atoms with Gasteiger partial charge in [0.15, 0.2) is 5.84 Å². The molecule has 0 aliphatic rings. The topological polar surface area (TPSA) is 87.7 Å². The number of carbonyl (C=O) groups is 1. The van der Waals surface area contributed by atoms with Crippen molar-refractivity contribution < 1.29 is 14.4 Å². The molecule has 0 aromatic heterocycles. The van der Waals surface area contributed by atoms with Crippen LogP contribution in [0, 0.1) is 11.7 Å². The number of nitrogens with one attached hydrogen (secondary N) is 1. The van der Waals surface area contributed by atoms with Gasteiger partial charge in [0, 0.05) is 6.54 Å². The van der Waals surface area contributed by atoms with E-state index in [0.717, 1.165) is 0 Å². The summed E-state index contributed by atoms with van der Waals surface area (Å²) >= 11 is 0. The number of amides is 1. The third-order valence-electron chi connectivity index (χ3n) is 2.31. The Kier molecular flexibility index (Phi) is 4.45. The SMILES string of the molecule is CC(C(=O)NCc1cccc(F)c1)C(N)=NO. The number of rotatable bonds is 4. The Balaban J connectivity index is 2.54. The van der Waals surface area contributed by atoms with Crippen LogP contribution < -0.4 is 11.1 Å². The van der Waals surface area contributed by atoms with Gasteiger partial charge < -0.3 is 16.3 Å². The minimum absolute atomic E-state index is 0.165. The zero-order chi connectivity index (χ0) is 12.8. The van der Waals surface area contributed by atoms with E-state index in [9.17, 15) is 9.18 Å². The quantitative estimate of drug-likeness (QED) is 0.314. The Hall–Kier alpha value is -2.11. The fourth-order valence-corrected chi connectivity index (χ4v) is 1.21. The number of amidine groups is 1. The lowest BCUT2D eigenvalue weighted by molar-refractivity contribution is -0.122. The molecule has 4 N–H and O–H groups in total. The van der Waals surface area contributed by atoms with E-state index >= 15 is 0 Å². The first kappa shape index (κ1) is 13.0. The second-order valence-corrected chi connectivity index (χ2v) is 3.59. The van der Waals surface area contributed by atoms with Gasteiger partial charge in [0.05, 0.1) is 5.92 Å². The van der Waals surface area contributed by atoms with E-state index in [0.29, 0.717) is 5.56 Å². The van der Waals surface area contributed by atoms with Crippen LogP contribution >= 0.6 is 0 Å². The van der Waals surface area contributed by atoms with Crippen LogP contribution in [0.1, 0.15) is 12.5 Å². The van der Waals surface area contributed by atoms with Crippen molar-refractivity contribution in [2.45, 2.75) is 13.5 Å². The van der Waals surface area contributed by atoms with E-state index in [-0.39, 0.29) is 24.1 Å². The molecule has 0 aliphatic carbocycles. The Morgan fingerprint density at radius 2 is 2.35 bits per heavy atom. The Bertz CT molecular complexity index is 434. The minimum Gasteiger partial charge on any atom is -0.409 e. The van der Waals surface area contributed by atoms with Gasteiger partial charge in [-0.15, -0.1) is 0 Å². The fraction of sp³-hybridized carbons (Fsp3) is 0.273. The van der Waals surface area contributed by atoms with Crippen molar-refractivity contribution in [3.05, 3.63) is 35.6 Å². The third kappa shape index (κ3) is 3.75. The van der Waals surface area contributed by atoms with Crippen LogP contribution in [-0.2, 0) is 11.3 Å². The number of hydrogen-bond acceptors (Lipinski definition) is 3. The van der Waals surface area contributed by atoms with E-state index < -0.39 is 5.92 Å². The monoisotopic (exact) mass is 239 g/mol. The van der Waals surface area contributed by atoms with Gasteiger partial charge in [0.1, 0.15) is 5.82 Å². The smallest absolute Gasteiger partial charge is 0.230 e. The second-order valence-electron chi connectivity index (χ2n) is 3.59. The summed E-state index contributed by atoms with van der Waals surface area (Å²) in [7, 11) is 0. The van der Waals surface area contributed by atoms with Gasteiger partial charge in [-0.05, 0) is 24.6 Å². The number of nitrogens with two attached hydrogens (primary N) is 1. The zero-order valence-corrected chi connectivity index (χ0v) is 9.35. The van der Waals surface area contributed by atoms with Gasteiger partial charge in [-0.2, -0.15) is 0 Å². The van der Waals surface area contributed by atoms with Gasteiger partial charge in [-0.1, -0.05) is 17.3 Å². The highest BCUT2D eigenvalue weighted by atomic mass is 19.1. The normalized spacial score (nSPS) is 13.2. The van der Waals surface area contributed by atoms with E-state index in [1.165, 1.54) is 19.1 Å². The van der Waals surface area contributed by atoms with Crippen LogP contribution in [0.3, 0.4) is 0 Å². The average molecular weight is 239 g/mol. The summed E-state index contributed by atoms with van der Waals surface area (Å²) in [6.07, 6.45) is 0. The van der Waals surface area contributed by atoms with E-state index in [2.05, 4.69) is 10.5 Å². The molecule has 0 saturated heterocycles. The van der Waals surface area contributed by atoms with Crippen molar-refractivity contribution in [1.82, 2.24) is 5.32 Å². The number of halogens is 1. The number of oxime groups is 1. The highest BCUT2D eigenvalue weighted by Gasteiger charge is 2.16. The van der Waals surface area contributed by atoms with Crippen molar-refractivity contribution >= 4 is 11.7 Å². The summed E-state index contributed by atoms with van der Waals surface area (Å²) < 4.78 is 12.8. The molecule has 1 aromatic rings. The molecule has 0 aliphatic heterocycles. The van der Waals surface area contributed by atoms with Crippen molar-refractivity contribution in [3.63, 3.8) is 0 Å². The first-order chi connectivity index (χ1) is 8.04. The van der Waals surface area contributed by atoms with Crippen LogP contribution in [0.25, 0.3) is 0 Å². The fourth-order valence-electron chi connectivity index (χ4n) is 1.21. The highest BCUT2D eigenvalue weighted by Crippen LogP contribution is 2.03. The van der Waals surface area contributed by atoms with E-state index in [1.54, 1.807) is 12.1 Å². The number of hydrogen-bond donors (Lipinski definition) is 3. The Labute approximate surface area is 98.1 Å². The molecule has 1 atom stereocenters. The summed E-state index contributed by atoms with van der Waals surface area (Å²) in [6, 6.07) is 5.90. The number of benzene rings is 1. The maximum atomic E-state index is 12.8. The standard InChI is InChI=1S/C11H14FN3O2/c1-7(10(13)15-17)11(16)14-6-8-3-2-4-9(12)5-8/h2-5,7,17H,6H2,1H3,(H2,13,15)(H,14,16).